The van der Waals surface area contributed by atoms with E-state index in [1.807, 2.05) is 29.5 Å². The lowest BCUT2D eigenvalue weighted by atomic mass is 9.46. The van der Waals surface area contributed by atoms with Crippen LogP contribution < -0.4 is 5.32 Å². The van der Waals surface area contributed by atoms with Crippen LogP contribution in [-0.2, 0) is 6.54 Å². The molecule has 34 heavy (non-hydrogen) atoms. The van der Waals surface area contributed by atoms with Crippen molar-refractivity contribution in [2.45, 2.75) is 65.3 Å². The zero-order valence-electron chi connectivity index (χ0n) is 20.9. The molecule has 0 radical (unpaired) electrons. The van der Waals surface area contributed by atoms with E-state index >= 15 is 0 Å². The van der Waals surface area contributed by atoms with Crippen LogP contribution in [0.2, 0.25) is 0 Å². The first-order chi connectivity index (χ1) is 16.4. The van der Waals surface area contributed by atoms with Crippen LogP contribution in [-0.4, -0.2) is 39.8 Å². The second kappa shape index (κ2) is 8.22. The molecule has 5 unspecified atom stereocenters. The highest BCUT2D eigenvalue weighted by atomic mass is 16.1. The number of nitrogens with zero attached hydrogens (tertiary/aromatic N) is 3. The number of hydrogen-bond donors (Lipinski definition) is 1. The maximum Gasteiger partial charge on any atom is 0.268 e. The summed E-state index contributed by atoms with van der Waals surface area (Å²) >= 11 is 0. The third kappa shape index (κ3) is 3.37. The molecule has 1 saturated heterocycles. The summed E-state index contributed by atoms with van der Waals surface area (Å²) < 4.78 is 2.00. The Labute approximate surface area is 204 Å². The number of carbonyl (C=O) groups is 1. The highest BCUT2D eigenvalue weighted by Gasteiger charge is 2.73. The summed E-state index contributed by atoms with van der Waals surface area (Å²) in [5.41, 5.74) is 3.64. The molecule has 7 rings (SSSR count). The summed E-state index contributed by atoms with van der Waals surface area (Å²) in [6.45, 7) is 11.6. The van der Waals surface area contributed by atoms with Gasteiger partial charge in [0.2, 0.25) is 0 Å². The summed E-state index contributed by atoms with van der Waals surface area (Å²) in [5.74, 6) is 3.70. The average molecular weight is 461 g/mol. The first-order valence-electron chi connectivity index (χ1n) is 13.5. The van der Waals surface area contributed by atoms with Crippen LogP contribution in [0.4, 0.5) is 0 Å². The van der Waals surface area contributed by atoms with Crippen molar-refractivity contribution in [2.75, 3.05) is 19.6 Å². The molecule has 4 aliphatic carbocycles. The fourth-order valence-corrected chi connectivity index (χ4v) is 8.96. The Balaban J connectivity index is 0.000000691. The Bertz CT molecular complexity index is 1100. The molecule has 2 aromatic heterocycles. The predicted molar refractivity (Wildman–Crippen MR) is 135 cm³/mol. The summed E-state index contributed by atoms with van der Waals surface area (Å²) in [6, 6.07) is 5.93. The molecule has 1 N–H and O–H groups in total. The average Bonchev–Trinajstić information content (AvgIpc) is 3.49. The molecule has 3 bridgehead atoms. The summed E-state index contributed by atoms with van der Waals surface area (Å²) in [4.78, 5) is 20.6. The number of allylic oxidation sites excluding steroid dienone is 1. The number of amides is 1. The number of likely N-dealkylation sites (tertiary alicyclic amines) is 1. The van der Waals surface area contributed by atoms with Crippen molar-refractivity contribution in [3.05, 3.63) is 48.4 Å². The highest BCUT2D eigenvalue weighted by molar-refractivity contribution is 5.93. The van der Waals surface area contributed by atoms with Crippen molar-refractivity contribution in [3.63, 3.8) is 0 Å². The molecule has 1 aliphatic heterocycles. The molecule has 5 fully saturated rings. The van der Waals surface area contributed by atoms with E-state index in [0.29, 0.717) is 10.8 Å². The van der Waals surface area contributed by atoms with Crippen molar-refractivity contribution >= 4 is 11.6 Å². The van der Waals surface area contributed by atoms with Crippen molar-refractivity contribution in [1.82, 2.24) is 19.6 Å². The number of fused-ring (bicyclic) bond motifs is 3. The molecule has 3 heterocycles. The van der Waals surface area contributed by atoms with Crippen LogP contribution in [0.1, 0.15) is 75.0 Å². The maximum absolute atomic E-state index is 13.3. The molecule has 0 aromatic carbocycles. The van der Waals surface area contributed by atoms with Crippen LogP contribution in [0.15, 0.2) is 37.1 Å². The molecule has 5 nitrogen and oxygen atoms in total. The number of pyridine rings is 1. The van der Waals surface area contributed by atoms with Crippen molar-refractivity contribution < 1.29 is 4.79 Å². The van der Waals surface area contributed by atoms with Gasteiger partial charge in [0.15, 0.2) is 0 Å². The SMILES string of the molecule is C=CC.C[C@@H]1CCN(Cc2cn3c(C(=O)NCC45CC6CC7CC(C4)C5(C7)C6)cccc3n2)C1. The van der Waals surface area contributed by atoms with E-state index in [1.54, 1.807) is 6.08 Å². The molecular weight excluding hydrogens is 420 g/mol. The van der Waals surface area contributed by atoms with Crippen molar-refractivity contribution in [1.29, 1.82) is 0 Å². The predicted octanol–water partition coefficient (Wildman–Crippen LogP) is 5.31. The number of rotatable bonds is 5. The van der Waals surface area contributed by atoms with Gasteiger partial charge in [-0.3, -0.25) is 14.1 Å². The lowest BCUT2D eigenvalue weighted by Crippen LogP contribution is -2.57. The highest BCUT2D eigenvalue weighted by Crippen LogP contribution is 2.81. The van der Waals surface area contributed by atoms with E-state index in [9.17, 15) is 4.79 Å². The fourth-order valence-electron chi connectivity index (χ4n) is 8.96. The summed E-state index contributed by atoms with van der Waals surface area (Å²) in [7, 11) is 0. The molecule has 6 atom stereocenters. The van der Waals surface area contributed by atoms with Crippen LogP contribution in [0, 0.1) is 34.5 Å². The van der Waals surface area contributed by atoms with E-state index < -0.39 is 0 Å². The lowest BCUT2D eigenvalue weighted by molar-refractivity contribution is -0.0960. The van der Waals surface area contributed by atoms with Crippen LogP contribution in [0.5, 0.6) is 0 Å². The van der Waals surface area contributed by atoms with Gasteiger partial charge >= 0.3 is 0 Å². The van der Waals surface area contributed by atoms with Crippen LogP contribution in [0.3, 0.4) is 0 Å². The molecule has 4 saturated carbocycles. The smallest absolute Gasteiger partial charge is 0.268 e. The quantitative estimate of drug-likeness (QED) is 0.615. The summed E-state index contributed by atoms with van der Waals surface area (Å²) in [5, 5.41) is 3.39. The van der Waals surface area contributed by atoms with E-state index in [0.717, 1.165) is 66.9 Å². The van der Waals surface area contributed by atoms with Crippen LogP contribution >= 0.6 is 0 Å². The van der Waals surface area contributed by atoms with Crippen molar-refractivity contribution in [3.8, 4) is 0 Å². The monoisotopic (exact) mass is 460 g/mol. The fraction of sp³-hybridized carbons (Fsp3) is 0.655. The minimum absolute atomic E-state index is 0.0644. The first kappa shape index (κ1) is 22.3. The van der Waals surface area contributed by atoms with Gasteiger partial charge in [-0.05, 0) is 105 Å². The standard InChI is InChI=1S/C26H34N4O.C3H6/c1-17-5-6-29(13-17)14-21-15-30-22(3-2-4-23(30)28-21)24(31)27-16-25-9-19-7-18-8-20(12-25)26(25,10-18)11-19;1-3-2/h2-4,15,17-20H,5-14,16H2,1H3,(H,27,31);3H,1H2,2H3/t17-,18?,19?,20?,25?,26?;/m1./s1. The third-order valence-corrected chi connectivity index (χ3v) is 10.0. The molecule has 5 aliphatic rings. The number of hydrogen-bond acceptors (Lipinski definition) is 3. The van der Waals surface area contributed by atoms with E-state index in [-0.39, 0.29) is 5.91 Å². The number of imidazole rings is 1. The lowest BCUT2D eigenvalue weighted by Gasteiger charge is -2.59. The molecular formula is C29H40N4O. The van der Waals surface area contributed by atoms with Crippen molar-refractivity contribution in [2.24, 2.45) is 34.5 Å². The molecule has 182 valence electrons. The van der Waals surface area contributed by atoms with Gasteiger partial charge in [0.05, 0.1) is 5.69 Å². The van der Waals surface area contributed by atoms with E-state index in [1.165, 1.54) is 44.9 Å². The maximum atomic E-state index is 13.3. The van der Waals surface area contributed by atoms with Gasteiger partial charge in [0.25, 0.3) is 5.91 Å². The Hall–Kier alpha value is -2.14. The van der Waals surface area contributed by atoms with Gasteiger partial charge in [-0.1, -0.05) is 19.1 Å². The van der Waals surface area contributed by atoms with Gasteiger partial charge in [0, 0.05) is 25.8 Å². The molecule has 1 amide bonds. The zero-order valence-corrected chi connectivity index (χ0v) is 20.9. The molecule has 1 spiro atoms. The van der Waals surface area contributed by atoms with Gasteiger partial charge in [-0.2, -0.15) is 0 Å². The Morgan fingerprint density at radius 1 is 1.24 bits per heavy atom. The van der Waals surface area contributed by atoms with Gasteiger partial charge < -0.3 is 5.32 Å². The minimum atomic E-state index is 0.0644. The second-order valence-electron chi connectivity index (χ2n) is 12.2. The second-order valence-corrected chi connectivity index (χ2v) is 12.2. The summed E-state index contributed by atoms with van der Waals surface area (Å²) in [6.07, 6.45) is 13.6. The van der Waals surface area contributed by atoms with E-state index in [4.69, 9.17) is 4.98 Å². The topological polar surface area (TPSA) is 49.6 Å². The van der Waals surface area contributed by atoms with Gasteiger partial charge in [-0.15, -0.1) is 6.58 Å². The van der Waals surface area contributed by atoms with Gasteiger partial charge in [0.1, 0.15) is 11.3 Å². The number of nitrogens with one attached hydrogen (secondary N) is 1. The Kier molecular flexibility index (Phi) is 5.40. The Morgan fingerprint density at radius 3 is 2.85 bits per heavy atom. The normalized spacial score (nSPS) is 37.2. The molecule has 5 heteroatoms. The number of aromatic nitrogens is 2. The molecule has 2 aromatic rings. The minimum Gasteiger partial charge on any atom is -0.350 e. The number of carbonyl (C=O) groups excluding carboxylic acids is 1. The third-order valence-electron chi connectivity index (χ3n) is 10.0. The van der Waals surface area contributed by atoms with E-state index in [2.05, 4.69) is 29.9 Å². The Morgan fingerprint density at radius 2 is 2.06 bits per heavy atom. The van der Waals surface area contributed by atoms with Crippen LogP contribution in [0.25, 0.3) is 5.65 Å². The largest absolute Gasteiger partial charge is 0.350 e. The zero-order chi connectivity index (χ0) is 23.5. The van der Waals surface area contributed by atoms with Gasteiger partial charge in [-0.25, -0.2) is 4.98 Å². The first-order valence-corrected chi connectivity index (χ1v) is 13.5.